The van der Waals surface area contributed by atoms with Crippen molar-refractivity contribution in [1.82, 2.24) is 4.72 Å². The van der Waals surface area contributed by atoms with Gasteiger partial charge in [0.2, 0.25) is 10.0 Å². The number of carbonyl (C=O) groups is 1. The molecule has 0 radical (unpaired) electrons. The molecule has 0 unspecified atom stereocenters. The minimum Gasteiger partial charge on any atom is -0.465 e. The molecule has 0 aromatic heterocycles. The first kappa shape index (κ1) is 17.7. The number of hydrogen-bond acceptors (Lipinski definition) is 6. The third-order valence-corrected chi connectivity index (χ3v) is 4.09. The van der Waals surface area contributed by atoms with Crippen LogP contribution in [-0.4, -0.2) is 28.0 Å². The minimum atomic E-state index is -3.51. The fourth-order valence-electron chi connectivity index (χ4n) is 1.45. The molecular weight excluding hydrogens is 306 g/mol. The third kappa shape index (κ3) is 4.87. The molecule has 0 saturated carbocycles. The number of carbonyl (C=O) groups excluding carboxylic acids is 1. The summed E-state index contributed by atoms with van der Waals surface area (Å²) in [4.78, 5) is 11.4. The monoisotopic (exact) mass is 323 g/mol. The van der Waals surface area contributed by atoms with E-state index in [0.717, 1.165) is 0 Å². The summed E-state index contributed by atoms with van der Waals surface area (Å²) >= 11 is 0. The van der Waals surface area contributed by atoms with Gasteiger partial charge in [-0.3, -0.25) is 0 Å². The quantitative estimate of drug-likeness (QED) is 0.446. The van der Waals surface area contributed by atoms with Gasteiger partial charge in [0, 0.05) is 18.4 Å². The van der Waals surface area contributed by atoms with E-state index in [1.54, 1.807) is 6.07 Å². The van der Waals surface area contributed by atoms with Crippen molar-refractivity contribution in [2.45, 2.75) is 18.2 Å². The van der Waals surface area contributed by atoms with Gasteiger partial charge in [-0.25, -0.2) is 17.9 Å². The summed E-state index contributed by atoms with van der Waals surface area (Å²) in [7, 11) is -2.34. The van der Waals surface area contributed by atoms with E-state index < -0.39 is 16.0 Å². The topological polar surface area (TPSA) is 108 Å². The van der Waals surface area contributed by atoms with Gasteiger partial charge in [-0.15, -0.1) is 0 Å². The molecule has 0 heterocycles. The molecule has 0 atom stereocenters. The lowest BCUT2D eigenvalue weighted by Crippen LogP contribution is -2.24. The first-order valence-corrected chi connectivity index (χ1v) is 7.97. The Morgan fingerprint density at radius 3 is 2.50 bits per heavy atom. The lowest BCUT2D eigenvalue weighted by atomic mass is 10.3. The van der Waals surface area contributed by atoms with E-state index >= 15 is 0 Å². The lowest BCUT2D eigenvalue weighted by molar-refractivity contribution is -0.135. The molecule has 8 heteroatoms. The predicted octanol–water partition coefficient (Wildman–Crippen LogP) is 1.37. The maximum Gasteiger partial charge on any atom is 0.350 e. The first-order valence-electron chi connectivity index (χ1n) is 6.49. The van der Waals surface area contributed by atoms with Crippen LogP contribution in [0.3, 0.4) is 0 Å². The van der Waals surface area contributed by atoms with Gasteiger partial charge in [-0.05, 0) is 30.7 Å². The van der Waals surface area contributed by atoms with E-state index in [4.69, 9.17) is 5.26 Å². The predicted molar refractivity (Wildman–Crippen MR) is 81.3 cm³/mol. The summed E-state index contributed by atoms with van der Waals surface area (Å²) in [6, 6.07) is 7.62. The van der Waals surface area contributed by atoms with E-state index in [1.165, 1.54) is 37.6 Å². The summed E-state index contributed by atoms with van der Waals surface area (Å²) < 4.78 is 30.7. The van der Waals surface area contributed by atoms with Gasteiger partial charge in [0.05, 0.1) is 12.0 Å². The Labute approximate surface area is 129 Å². The second-order valence-electron chi connectivity index (χ2n) is 4.23. The van der Waals surface area contributed by atoms with Crippen LogP contribution in [0, 0.1) is 11.3 Å². The zero-order chi connectivity index (χ0) is 16.6. The van der Waals surface area contributed by atoms with Crippen molar-refractivity contribution in [2.75, 3.05) is 19.0 Å². The third-order valence-electron chi connectivity index (χ3n) is 2.62. The van der Waals surface area contributed by atoms with Crippen molar-refractivity contribution in [2.24, 2.45) is 0 Å². The van der Waals surface area contributed by atoms with Gasteiger partial charge in [-0.2, -0.15) is 5.26 Å². The smallest absolute Gasteiger partial charge is 0.350 e. The van der Waals surface area contributed by atoms with E-state index in [-0.39, 0.29) is 10.5 Å². The van der Waals surface area contributed by atoms with E-state index in [1.807, 2.05) is 6.92 Å². The lowest BCUT2D eigenvalue weighted by Gasteiger charge is -2.07. The average Bonchev–Trinajstić information content (AvgIpc) is 2.53. The van der Waals surface area contributed by atoms with Crippen LogP contribution >= 0.6 is 0 Å². The second kappa shape index (κ2) is 8.17. The molecule has 118 valence electrons. The Bertz CT molecular complexity index is 688. The summed E-state index contributed by atoms with van der Waals surface area (Å²) in [6.45, 7) is 2.24. The number of hydrogen-bond donors (Lipinski definition) is 2. The highest BCUT2D eigenvalue weighted by molar-refractivity contribution is 7.89. The van der Waals surface area contributed by atoms with Gasteiger partial charge >= 0.3 is 5.97 Å². The highest BCUT2D eigenvalue weighted by atomic mass is 32.2. The number of nitriles is 1. The van der Waals surface area contributed by atoms with Crippen LogP contribution in [0.25, 0.3) is 0 Å². The Balaban J connectivity index is 2.84. The molecular formula is C14H17N3O4S. The van der Waals surface area contributed by atoms with Crippen molar-refractivity contribution in [1.29, 1.82) is 5.26 Å². The summed E-state index contributed by atoms with van der Waals surface area (Å²) in [6.07, 6.45) is 1.90. The molecule has 0 aliphatic carbocycles. The van der Waals surface area contributed by atoms with Crippen molar-refractivity contribution < 1.29 is 17.9 Å². The molecule has 1 rings (SSSR count). The normalized spacial score (nSPS) is 11.6. The molecule has 0 spiro atoms. The highest BCUT2D eigenvalue weighted by Crippen LogP contribution is 2.14. The van der Waals surface area contributed by atoms with Gasteiger partial charge in [0.15, 0.2) is 5.57 Å². The van der Waals surface area contributed by atoms with Crippen LogP contribution < -0.4 is 10.0 Å². The molecule has 0 saturated heterocycles. The fourth-order valence-corrected chi connectivity index (χ4v) is 2.59. The van der Waals surface area contributed by atoms with Crippen LogP contribution in [0.5, 0.6) is 0 Å². The zero-order valence-electron chi connectivity index (χ0n) is 12.3. The van der Waals surface area contributed by atoms with E-state index in [0.29, 0.717) is 18.7 Å². The van der Waals surface area contributed by atoms with Crippen molar-refractivity contribution in [3.05, 3.63) is 36.0 Å². The average molecular weight is 323 g/mol. The van der Waals surface area contributed by atoms with Gasteiger partial charge in [-0.1, -0.05) is 6.92 Å². The molecule has 22 heavy (non-hydrogen) atoms. The van der Waals surface area contributed by atoms with E-state index in [2.05, 4.69) is 14.8 Å². The second-order valence-corrected chi connectivity index (χ2v) is 5.99. The summed E-state index contributed by atoms with van der Waals surface area (Å²) in [5, 5.41) is 11.5. The minimum absolute atomic E-state index is 0.143. The Morgan fingerprint density at radius 1 is 1.36 bits per heavy atom. The molecule has 0 aliphatic rings. The van der Waals surface area contributed by atoms with Crippen molar-refractivity contribution >= 4 is 21.7 Å². The van der Waals surface area contributed by atoms with Crippen molar-refractivity contribution in [3.63, 3.8) is 0 Å². The number of benzene rings is 1. The number of nitrogens with zero attached hydrogens (tertiary/aromatic N) is 1. The first-order chi connectivity index (χ1) is 10.4. The molecule has 7 nitrogen and oxygen atoms in total. The molecule has 1 aromatic rings. The highest BCUT2D eigenvalue weighted by Gasteiger charge is 2.12. The maximum atomic E-state index is 11.9. The van der Waals surface area contributed by atoms with Crippen LogP contribution in [0.2, 0.25) is 0 Å². The van der Waals surface area contributed by atoms with Crippen LogP contribution in [0.15, 0.2) is 40.9 Å². The SMILES string of the molecule is CCCNS(=O)(=O)c1ccc(N/C=C(\C#N)C(=O)OC)cc1. The summed E-state index contributed by atoms with van der Waals surface area (Å²) in [5.74, 6) is -0.752. The van der Waals surface area contributed by atoms with Crippen LogP contribution in [-0.2, 0) is 19.6 Å². The largest absolute Gasteiger partial charge is 0.465 e. The van der Waals surface area contributed by atoms with Gasteiger partial charge < -0.3 is 10.1 Å². The molecule has 0 amide bonds. The van der Waals surface area contributed by atoms with Gasteiger partial charge in [0.1, 0.15) is 6.07 Å². The summed E-state index contributed by atoms with van der Waals surface area (Å²) in [5.41, 5.74) is 0.343. The number of anilines is 1. The number of ether oxygens (including phenoxy) is 1. The molecule has 0 fully saturated rings. The molecule has 1 aromatic carbocycles. The standard InChI is InChI=1S/C14H17N3O4S/c1-3-8-17-22(19,20)13-6-4-12(5-7-13)16-10-11(9-15)14(18)21-2/h4-7,10,16-17H,3,8H2,1-2H3/b11-10+. The van der Waals surface area contributed by atoms with E-state index in [9.17, 15) is 13.2 Å². The molecule has 2 N–H and O–H groups in total. The number of nitrogens with one attached hydrogen (secondary N) is 2. The van der Waals surface area contributed by atoms with Crippen LogP contribution in [0.1, 0.15) is 13.3 Å². The molecule has 0 aliphatic heterocycles. The van der Waals surface area contributed by atoms with Crippen LogP contribution in [0.4, 0.5) is 5.69 Å². The zero-order valence-corrected chi connectivity index (χ0v) is 13.1. The maximum absolute atomic E-state index is 11.9. The van der Waals surface area contributed by atoms with Gasteiger partial charge in [0.25, 0.3) is 0 Å². The van der Waals surface area contributed by atoms with Crippen molar-refractivity contribution in [3.8, 4) is 6.07 Å². The number of methoxy groups -OCH3 is 1. The number of rotatable bonds is 7. The number of esters is 1. The molecule has 0 bridgehead atoms. The fraction of sp³-hybridized carbons (Fsp3) is 0.286. The Hall–Kier alpha value is -2.37. The Kier molecular flexibility index (Phi) is 6.56. The number of sulfonamides is 1. The Morgan fingerprint density at radius 2 is 2.00 bits per heavy atom.